The van der Waals surface area contributed by atoms with E-state index in [1.54, 1.807) is 18.6 Å². The second-order valence-corrected chi connectivity index (χ2v) is 7.63. The van der Waals surface area contributed by atoms with Crippen LogP contribution >= 0.6 is 0 Å². The summed E-state index contributed by atoms with van der Waals surface area (Å²) in [7, 11) is 0. The normalized spacial score (nSPS) is 14.0. The Morgan fingerprint density at radius 3 is 2.83 bits per heavy atom. The maximum absolute atomic E-state index is 12.3. The minimum Gasteiger partial charge on any atom is -0.483 e. The van der Waals surface area contributed by atoms with Gasteiger partial charge in [-0.15, -0.1) is 0 Å². The number of benzene rings is 1. The van der Waals surface area contributed by atoms with Crippen molar-refractivity contribution in [2.45, 2.75) is 32.4 Å². The van der Waals surface area contributed by atoms with Gasteiger partial charge in [0.1, 0.15) is 5.60 Å². The van der Waals surface area contributed by atoms with Gasteiger partial charge in [0.2, 0.25) is 0 Å². The third kappa shape index (κ3) is 4.54. The van der Waals surface area contributed by atoms with E-state index in [4.69, 9.17) is 9.47 Å². The highest BCUT2D eigenvalue weighted by molar-refractivity contribution is 5.77. The van der Waals surface area contributed by atoms with Crippen molar-refractivity contribution in [3.8, 4) is 22.8 Å². The van der Waals surface area contributed by atoms with Crippen LogP contribution in [0.2, 0.25) is 0 Å². The number of fused-ring (bicyclic) bond motifs is 1. The average Bonchev–Trinajstić information content (AvgIpc) is 3.06. The fourth-order valence-corrected chi connectivity index (χ4v) is 3.36. The van der Waals surface area contributed by atoms with Crippen LogP contribution in [-0.4, -0.2) is 28.1 Å². The molecule has 1 aliphatic heterocycles. The quantitative estimate of drug-likeness (QED) is 0.698. The summed E-state index contributed by atoms with van der Waals surface area (Å²) in [6.07, 6.45) is 6.02. The van der Waals surface area contributed by atoms with Crippen molar-refractivity contribution in [1.82, 2.24) is 15.3 Å². The van der Waals surface area contributed by atoms with E-state index in [1.165, 1.54) is 0 Å². The maximum Gasteiger partial charge on any atom is 0.258 e. The van der Waals surface area contributed by atoms with Gasteiger partial charge < -0.3 is 14.8 Å². The predicted octanol–water partition coefficient (Wildman–Crippen LogP) is 3.55. The van der Waals surface area contributed by atoms with Crippen LogP contribution in [0, 0.1) is 0 Å². The lowest BCUT2D eigenvalue weighted by molar-refractivity contribution is -0.123. The summed E-state index contributed by atoms with van der Waals surface area (Å²) in [5.41, 5.74) is 3.64. The van der Waals surface area contributed by atoms with Crippen molar-refractivity contribution in [2.75, 3.05) is 6.61 Å². The van der Waals surface area contributed by atoms with Gasteiger partial charge >= 0.3 is 0 Å². The van der Waals surface area contributed by atoms with E-state index in [2.05, 4.69) is 15.3 Å². The van der Waals surface area contributed by atoms with Crippen molar-refractivity contribution < 1.29 is 14.3 Å². The summed E-state index contributed by atoms with van der Waals surface area (Å²) < 4.78 is 11.7. The predicted molar refractivity (Wildman–Crippen MR) is 110 cm³/mol. The SMILES string of the molecule is CC1(C)Cc2cccc(OCC(=O)NCc3ccnc(-c4ccncc4)c3)c2O1. The summed E-state index contributed by atoms with van der Waals surface area (Å²) in [6.45, 7) is 4.42. The molecule has 0 radical (unpaired) electrons. The Labute approximate surface area is 169 Å². The molecule has 6 heteroatoms. The summed E-state index contributed by atoms with van der Waals surface area (Å²) >= 11 is 0. The van der Waals surface area contributed by atoms with Crippen LogP contribution in [0.25, 0.3) is 11.3 Å². The topological polar surface area (TPSA) is 73.3 Å². The van der Waals surface area contributed by atoms with Gasteiger partial charge in [0, 0.05) is 42.7 Å². The Hall–Kier alpha value is -3.41. The van der Waals surface area contributed by atoms with Gasteiger partial charge in [0.25, 0.3) is 5.91 Å². The molecule has 2 aromatic heterocycles. The van der Waals surface area contributed by atoms with Gasteiger partial charge in [-0.3, -0.25) is 14.8 Å². The van der Waals surface area contributed by atoms with Crippen LogP contribution in [-0.2, 0) is 17.8 Å². The van der Waals surface area contributed by atoms with Crippen LogP contribution in [0.1, 0.15) is 25.0 Å². The minimum absolute atomic E-state index is 0.0669. The molecule has 4 rings (SSSR count). The zero-order chi connectivity index (χ0) is 20.3. The number of para-hydroxylation sites is 1. The molecular formula is C23H23N3O3. The number of nitrogens with one attached hydrogen (secondary N) is 1. The lowest BCUT2D eigenvalue weighted by Crippen LogP contribution is -2.28. The lowest BCUT2D eigenvalue weighted by Gasteiger charge is -2.18. The number of ether oxygens (including phenoxy) is 2. The highest BCUT2D eigenvalue weighted by atomic mass is 16.5. The van der Waals surface area contributed by atoms with Crippen LogP contribution in [0.5, 0.6) is 11.5 Å². The number of amides is 1. The molecule has 3 heterocycles. The number of nitrogens with zero attached hydrogens (tertiary/aromatic N) is 2. The number of aromatic nitrogens is 2. The Morgan fingerprint density at radius 2 is 2.00 bits per heavy atom. The monoisotopic (exact) mass is 389 g/mol. The number of carbonyl (C=O) groups is 1. The number of carbonyl (C=O) groups excluding carboxylic acids is 1. The smallest absolute Gasteiger partial charge is 0.258 e. The van der Waals surface area contributed by atoms with E-state index in [-0.39, 0.29) is 18.1 Å². The zero-order valence-electron chi connectivity index (χ0n) is 16.5. The van der Waals surface area contributed by atoms with E-state index < -0.39 is 0 Å². The van der Waals surface area contributed by atoms with Crippen molar-refractivity contribution in [3.63, 3.8) is 0 Å². The molecule has 0 saturated carbocycles. The molecular weight excluding hydrogens is 366 g/mol. The Balaban J connectivity index is 1.34. The van der Waals surface area contributed by atoms with Gasteiger partial charge in [-0.1, -0.05) is 12.1 Å². The first-order chi connectivity index (χ1) is 14.0. The largest absolute Gasteiger partial charge is 0.483 e. The van der Waals surface area contributed by atoms with Gasteiger partial charge in [-0.05, 0) is 49.7 Å². The molecule has 29 heavy (non-hydrogen) atoms. The first kappa shape index (κ1) is 18.9. The fraction of sp³-hybridized carbons (Fsp3) is 0.261. The molecule has 0 aliphatic carbocycles. The highest BCUT2D eigenvalue weighted by Crippen LogP contribution is 2.41. The summed E-state index contributed by atoms with van der Waals surface area (Å²) in [5, 5.41) is 2.89. The number of pyridine rings is 2. The Kier molecular flexibility index (Phi) is 5.16. The molecule has 6 nitrogen and oxygen atoms in total. The van der Waals surface area contributed by atoms with E-state index in [1.807, 2.05) is 56.3 Å². The fourth-order valence-electron chi connectivity index (χ4n) is 3.36. The van der Waals surface area contributed by atoms with E-state index >= 15 is 0 Å². The third-order valence-electron chi connectivity index (χ3n) is 4.70. The molecule has 1 amide bonds. The summed E-state index contributed by atoms with van der Waals surface area (Å²) in [6, 6.07) is 13.4. The number of rotatable bonds is 6. The molecule has 1 N–H and O–H groups in total. The van der Waals surface area contributed by atoms with Crippen molar-refractivity contribution in [3.05, 3.63) is 72.2 Å². The highest BCUT2D eigenvalue weighted by Gasteiger charge is 2.32. The molecule has 148 valence electrons. The maximum atomic E-state index is 12.3. The molecule has 0 unspecified atom stereocenters. The third-order valence-corrected chi connectivity index (χ3v) is 4.70. The summed E-state index contributed by atoms with van der Waals surface area (Å²) in [5.74, 6) is 1.15. The van der Waals surface area contributed by atoms with Gasteiger partial charge in [0.05, 0.1) is 5.69 Å². The minimum atomic E-state index is -0.252. The van der Waals surface area contributed by atoms with Gasteiger partial charge in [-0.2, -0.15) is 0 Å². The number of hydrogen-bond donors (Lipinski definition) is 1. The Morgan fingerprint density at radius 1 is 1.17 bits per heavy atom. The van der Waals surface area contributed by atoms with Gasteiger partial charge in [-0.25, -0.2) is 0 Å². The average molecular weight is 389 g/mol. The van der Waals surface area contributed by atoms with Crippen LogP contribution in [0.15, 0.2) is 61.1 Å². The number of hydrogen-bond acceptors (Lipinski definition) is 5. The molecule has 0 fully saturated rings. The first-order valence-electron chi connectivity index (χ1n) is 9.56. The van der Waals surface area contributed by atoms with Crippen LogP contribution < -0.4 is 14.8 Å². The van der Waals surface area contributed by atoms with Crippen molar-refractivity contribution >= 4 is 5.91 Å². The zero-order valence-corrected chi connectivity index (χ0v) is 16.5. The molecule has 0 bridgehead atoms. The van der Waals surface area contributed by atoms with Crippen LogP contribution in [0.3, 0.4) is 0 Å². The van der Waals surface area contributed by atoms with Crippen molar-refractivity contribution in [2.24, 2.45) is 0 Å². The van der Waals surface area contributed by atoms with E-state index in [0.717, 1.165) is 34.6 Å². The molecule has 0 spiro atoms. The molecule has 0 atom stereocenters. The molecule has 0 saturated heterocycles. The first-order valence-corrected chi connectivity index (χ1v) is 9.56. The second-order valence-electron chi connectivity index (χ2n) is 7.63. The van der Waals surface area contributed by atoms with Crippen LogP contribution in [0.4, 0.5) is 0 Å². The molecule has 1 aromatic carbocycles. The molecule has 1 aliphatic rings. The van der Waals surface area contributed by atoms with E-state index in [0.29, 0.717) is 12.3 Å². The van der Waals surface area contributed by atoms with Gasteiger partial charge in [0.15, 0.2) is 18.1 Å². The summed E-state index contributed by atoms with van der Waals surface area (Å²) in [4.78, 5) is 20.7. The van der Waals surface area contributed by atoms with Crippen molar-refractivity contribution in [1.29, 1.82) is 0 Å². The molecule has 3 aromatic rings. The second kappa shape index (κ2) is 7.91. The standard InChI is InChI=1S/C23H23N3O3/c1-23(2)13-18-4-3-5-20(22(18)29-23)28-15-21(27)26-14-16-6-11-25-19(12-16)17-7-9-24-10-8-17/h3-12H,13-15H2,1-2H3,(H,26,27). The Bertz CT molecular complexity index is 1020. The lowest BCUT2D eigenvalue weighted by atomic mass is 10.0. The van der Waals surface area contributed by atoms with E-state index in [9.17, 15) is 4.79 Å².